The van der Waals surface area contributed by atoms with E-state index in [1.54, 1.807) is 0 Å². The Kier molecular flexibility index (Phi) is 5.02. The summed E-state index contributed by atoms with van der Waals surface area (Å²) in [7, 11) is 0. The maximum atomic E-state index is 11.7. The fraction of sp³-hybridized carbons (Fsp3) is 0.500. The lowest BCUT2D eigenvalue weighted by Gasteiger charge is -2.21. The van der Waals surface area contributed by atoms with Gasteiger partial charge in [-0.05, 0) is 31.5 Å². The van der Waals surface area contributed by atoms with Crippen LogP contribution in [0.3, 0.4) is 0 Å². The second-order valence-electron chi connectivity index (χ2n) is 4.37. The zero-order valence-electron chi connectivity index (χ0n) is 10.4. The van der Waals surface area contributed by atoms with Crippen LogP contribution in [0, 0.1) is 5.92 Å². The highest BCUT2D eigenvalue weighted by atomic mass is 16.6. The molecule has 0 saturated carbocycles. The normalized spacial score (nSPS) is 19.2. The van der Waals surface area contributed by atoms with Crippen molar-refractivity contribution in [3.63, 3.8) is 0 Å². The van der Waals surface area contributed by atoms with Crippen molar-refractivity contribution < 1.29 is 14.3 Å². The average Bonchev–Trinajstić information content (AvgIpc) is 2.45. The van der Waals surface area contributed by atoms with Gasteiger partial charge in [0.1, 0.15) is 19.0 Å². The van der Waals surface area contributed by atoms with Crippen LogP contribution < -0.4 is 10.1 Å². The number of piperidine rings is 1. The number of hydrogen-bond acceptors (Lipinski definition) is 4. The number of esters is 1. The molecule has 1 N–H and O–H groups in total. The number of carbonyl (C=O) groups excluding carboxylic acids is 1. The molecule has 1 fully saturated rings. The predicted octanol–water partition coefficient (Wildman–Crippen LogP) is 1.61. The first kappa shape index (κ1) is 12.9. The van der Waals surface area contributed by atoms with Crippen molar-refractivity contribution in [2.75, 3.05) is 26.3 Å². The summed E-state index contributed by atoms with van der Waals surface area (Å²) in [6, 6.07) is 9.52. The molecule has 18 heavy (non-hydrogen) atoms. The fourth-order valence-corrected chi connectivity index (χ4v) is 1.99. The lowest BCUT2D eigenvalue weighted by molar-refractivity contribution is -0.149. The topological polar surface area (TPSA) is 47.6 Å². The van der Waals surface area contributed by atoms with Gasteiger partial charge in [0.25, 0.3) is 0 Å². The van der Waals surface area contributed by atoms with E-state index in [1.807, 2.05) is 30.3 Å². The minimum Gasteiger partial charge on any atom is -0.490 e. The van der Waals surface area contributed by atoms with Crippen molar-refractivity contribution in [1.29, 1.82) is 0 Å². The number of nitrogens with one attached hydrogen (secondary N) is 1. The first-order chi connectivity index (χ1) is 8.86. The van der Waals surface area contributed by atoms with E-state index in [9.17, 15) is 4.79 Å². The molecular formula is C14H19NO3. The van der Waals surface area contributed by atoms with E-state index in [0.717, 1.165) is 31.7 Å². The number of para-hydroxylation sites is 1. The summed E-state index contributed by atoms with van der Waals surface area (Å²) in [5.74, 6) is 0.696. The highest BCUT2D eigenvalue weighted by Crippen LogP contribution is 2.12. The Morgan fingerprint density at radius 1 is 1.28 bits per heavy atom. The molecule has 1 aromatic carbocycles. The van der Waals surface area contributed by atoms with Crippen LogP contribution in [0.2, 0.25) is 0 Å². The SMILES string of the molecule is O=C(OCCOc1ccccc1)[C@H]1CCCNC1. The molecule has 0 bridgehead atoms. The Morgan fingerprint density at radius 3 is 2.83 bits per heavy atom. The van der Waals surface area contributed by atoms with Crippen molar-refractivity contribution >= 4 is 5.97 Å². The average molecular weight is 249 g/mol. The van der Waals surface area contributed by atoms with E-state index in [1.165, 1.54) is 0 Å². The Hall–Kier alpha value is -1.55. The van der Waals surface area contributed by atoms with Gasteiger partial charge in [-0.3, -0.25) is 4.79 Å². The van der Waals surface area contributed by atoms with Gasteiger partial charge in [-0.25, -0.2) is 0 Å². The van der Waals surface area contributed by atoms with Gasteiger partial charge in [-0.1, -0.05) is 18.2 Å². The minimum atomic E-state index is -0.112. The summed E-state index contributed by atoms with van der Waals surface area (Å²) >= 11 is 0. The molecule has 1 saturated heterocycles. The minimum absolute atomic E-state index is 0.00970. The summed E-state index contributed by atoms with van der Waals surface area (Å²) in [5, 5.41) is 3.20. The van der Waals surface area contributed by atoms with Crippen molar-refractivity contribution in [1.82, 2.24) is 5.32 Å². The molecule has 4 nitrogen and oxygen atoms in total. The van der Waals surface area contributed by atoms with E-state index < -0.39 is 0 Å². The molecule has 1 atom stereocenters. The van der Waals surface area contributed by atoms with Crippen LogP contribution in [0.15, 0.2) is 30.3 Å². The molecule has 1 aliphatic rings. The van der Waals surface area contributed by atoms with Crippen LogP contribution >= 0.6 is 0 Å². The van der Waals surface area contributed by atoms with Crippen LogP contribution in [0.25, 0.3) is 0 Å². The molecule has 0 amide bonds. The first-order valence-corrected chi connectivity index (χ1v) is 6.41. The van der Waals surface area contributed by atoms with Gasteiger partial charge in [0.2, 0.25) is 0 Å². The van der Waals surface area contributed by atoms with Crippen molar-refractivity contribution in [3.05, 3.63) is 30.3 Å². The van der Waals surface area contributed by atoms with E-state index in [2.05, 4.69) is 5.32 Å². The van der Waals surface area contributed by atoms with Gasteiger partial charge in [-0.15, -0.1) is 0 Å². The monoisotopic (exact) mass is 249 g/mol. The third-order valence-electron chi connectivity index (χ3n) is 2.97. The molecule has 0 spiro atoms. The standard InChI is InChI=1S/C14H19NO3/c16-14(12-5-4-8-15-11-12)18-10-9-17-13-6-2-1-3-7-13/h1-3,6-7,12,15H,4-5,8-11H2/t12-/m0/s1. The zero-order chi connectivity index (χ0) is 12.6. The van der Waals surface area contributed by atoms with E-state index in [4.69, 9.17) is 9.47 Å². The van der Waals surface area contributed by atoms with Gasteiger partial charge >= 0.3 is 5.97 Å². The first-order valence-electron chi connectivity index (χ1n) is 6.41. The van der Waals surface area contributed by atoms with Gasteiger partial charge in [0.05, 0.1) is 5.92 Å². The van der Waals surface area contributed by atoms with Gasteiger partial charge in [0, 0.05) is 6.54 Å². The highest BCUT2D eigenvalue weighted by Gasteiger charge is 2.21. The van der Waals surface area contributed by atoms with Gasteiger partial charge in [0.15, 0.2) is 0 Å². The molecule has 1 aromatic rings. The molecule has 2 rings (SSSR count). The zero-order valence-corrected chi connectivity index (χ0v) is 10.4. The van der Waals surface area contributed by atoms with Crippen LogP contribution in [-0.4, -0.2) is 32.3 Å². The van der Waals surface area contributed by atoms with Crippen LogP contribution in [0.4, 0.5) is 0 Å². The summed E-state index contributed by atoms with van der Waals surface area (Å²) in [6.45, 7) is 2.44. The lowest BCUT2D eigenvalue weighted by atomic mass is 10.0. The molecule has 0 unspecified atom stereocenters. The second kappa shape index (κ2) is 7.01. The van der Waals surface area contributed by atoms with Gasteiger partial charge < -0.3 is 14.8 Å². The van der Waals surface area contributed by atoms with E-state index in [0.29, 0.717) is 13.2 Å². The summed E-state index contributed by atoms with van der Waals surface area (Å²) in [5.41, 5.74) is 0. The molecule has 0 aromatic heterocycles. The van der Waals surface area contributed by atoms with Gasteiger partial charge in [-0.2, -0.15) is 0 Å². The van der Waals surface area contributed by atoms with Crippen LogP contribution in [-0.2, 0) is 9.53 Å². The summed E-state index contributed by atoms with van der Waals surface area (Å²) < 4.78 is 10.7. The third kappa shape index (κ3) is 4.04. The molecule has 98 valence electrons. The predicted molar refractivity (Wildman–Crippen MR) is 68.5 cm³/mol. The maximum Gasteiger partial charge on any atom is 0.310 e. The van der Waals surface area contributed by atoms with E-state index in [-0.39, 0.29) is 11.9 Å². The third-order valence-corrected chi connectivity index (χ3v) is 2.97. The molecule has 0 aliphatic carbocycles. The number of hydrogen-bond donors (Lipinski definition) is 1. The number of ether oxygens (including phenoxy) is 2. The Balaban J connectivity index is 1.61. The number of rotatable bonds is 5. The van der Waals surface area contributed by atoms with Crippen LogP contribution in [0.1, 0.15) is 12.8 Å². The largest absolute Gasteiger partial charge is 0.490 e. The Bertz CT molecular complexity index is 361. The van der Waals surface area contributed by atoms with Crippen molar-refractivity contribution in [3.8, 4) is 5.75 Å². The van der Waals surface area contributed by atoms with Crippen molar-refractivity contribution in [2.45, 2.75) is 12.8 Å². The fourth-order valence-electron chi connectivity index (χ4n) is 1.99. The molecule has 1 aliphatic heterocycles. The van der Waals surface area contributed by atoms with Crippen molar-refractivity contribution in [2.24, 2.45) is 5.92 Å². The molecule has 0 radical (unpaired) electrons. The van der Waals surface area contributed by atoms with Crippen LogP contribution in [0.5, 0.6) is 5.75 Å². The Morgan fingerprint density at radius 2 is 2.11 bits per heavy atom. The van der Waals surface area contributed by atoms with E-state index >= 15 is 0 Å². The Labute approximate surface area is 107 Å². The highest BCUT2D eigenvalue weighted by molar-refractivity contribution is 5.72. The second-order valence-corrected chi connectivity index (χ2v) is 4.37. The smallest absolute Gasteiger partial charge is 0.310 e. The lowest BCUT2D eigenvalue weighted by Crippen LogP contribution is -2.35. The number of benzene rings is 1. The maximum absolute atomic E-state index is 11.7. The molecule has 1 heterocycles. The summed E-state index contributed by atoms with van der Waals surface area (Å²) in [4.78, 5) is 11.7. The molecule has 4 heteroatoms. The molecular weight excluding hydrogens is 230 g/mol. The summed E-state index contributed by atoms with van der Waals surface area (Å²) in [6.07, 6.45) is 1.96. The quantitative estimate of drug-likeness (QED) is 0.636. The number of carbonyl (C=O) groups is 1.